The second-order valence-electron chi connectivity index (χ2n) is 7.01. The summed E-state index contributed by atoms with van der Waals surface area (Å²) in [7, 11) is -3.25. The highest BCUT2D eigenvalue weighted by Gasteiger charge is 2.25. The number of halogens is 1. The number of benzene rings is 1. The Hall–Kier alpha value is -1.05. The number of hydrogen-bond acceptors (Lipinski definition) is 5. The summed E-state index contributed by atoms with van der Waals surface area (Å²) in [4.78, 5) is 16.6. The molecular formula is C19H30IN5O3S2. The highest BCUT2D eigenvalue weighted by molar-refractivity contribution is 14.0. The van der Waals surface area contributed by atoms with Gasteiger partial charge in [0.2, 0.25) is 15.9 Å². The largest absolute Gasteiger partial charge is 0.357 e. The lowest BCUT2D eigenvalue weighted by molar-refractivity contribution is -0.116. The Morgan fingerprint density at radius 3 is 2.73 bits per heavy atom. The molecule has 8 nitrogen and oxygen atoms in total. The minimum Gasteiger partial charge on any atom is -0.357 e. The van der Waals surface area contributed by atoms with E-state index in [-0.39, 0.29) is 41.6 Å². The molecule has 1 fully saturated rings. The molecule has 0 radical (unpaired) electrons. The first kappa shape index (κ1) is 25.2. The summed E-state index contributed by atoms with van der Waals surface area (Å²) < 4.78 is 26.5. The minimum atomic E-state index is -3.25. The molecule has 11 heteroatoms. The molecule has 168 valence electrons. The summed E-state index contributed by atoms with van der Waals surface area (Å²) in [6.07, 6.45) is 0.390. The van der Waals surface area contributed by atoms with E-state index >= 15 is 0 Å². The van der Waals surface area contributed by atoms with E-state index in [1.807, 2.05) is 31.2 Å². The van der Waals surface area contributed by atoms with Crippen molar-refractivity contribution in [3.8, 4) is 0 Å². The van der Waals surface area contributed by atoms with E-state index in [0.717, 1.165) is 22.8 Å². The molecule has 3 rings (SSSR count). The number of fused-ring (bicyclic) bond motifs is 1. The van der Waals surface area contributed by atoms with Crippen LogP contribution in [0, 0.1) is 0 Å². The van der Waals surface area contributed by atoms with E-state index in [0.29, 0.717) is 45.1 Å². The lowest BCUT2D eigenvalue weighted by Gasteiger charge is -2.26. The van der Waals surface area contributed by atoms with E-state index < -0.39 is 10.0 Å². The standard InChI is InChI=1S/C19H29N5O3S2.HI/c1-2-20-19(21-7-12-29(26,27)24-8-10-28-11-9-24)22-14-15-13-18(25)23-17-6-4-3-5-16(15)17;/h3-6,15H,2,7-14H2,1H3,(H,23,25)(H2,20,21,22);1H. The van der Waals surface area contributed by atoms with Crippen LogP contribution in [0.4, 0.5) is 5.69 Å². The Labute approximate surface area is 200 Å². The molecule has 2 heterocycles. The fourth-order valence-electron chi connectivity index (χ4n) is 3.46. The number of sulfonamides is 1. The van der Waals surface area contributed by atoms with Gasteiger partial charge in [0.1, 0.15) is 0 Å². The number of nitrogens with zero attached hydrogens (tertiary/aromatic N) is 2. The molecule has 0 aliphatic carbocycles. The molecule has 1 unspecified atom stereocenters. The zero-order chi connectivity index (χ0) is 20.7. The molecule has 1 aromatic carbocycles. The first-order chi connectivity index (χ1) is 14.0. The normalized spacial score (nSPS) is 20.0. The molecule has 30 heavy (non-hydrogen) atoms. The zero-order valence-corrected chi connectivity index (χ0v) is 21.1. The number of guanidine groups is 1. The van der Waals surface area contributed by atoms with E-state index in [1.54, 1.807) is 16.1 Å². The van der Waals surface area contributed by atoms with Crippen LogP contribution in [-0.4, -0.2) is 74.6 Å². The molecule has 0 saturated carbocycles. The summed E-state index contributed by atoms with van der Waals surface area (Å²) >= 11 is 1.79. The Bertz CT molecular complexity index is 844. The third-order valence-corrected chi connectivity index (χ3v) is 7.75. The second kappa shape index (κ2) is 12.1. The van der Waals surface area contributed by atoms with Crippen LogP contribution in [0.3, 0.4) is 0 Å². The van der Waals surface area contributed by atoms with Crippen LogP contribution in [0.15, 0.2) is 29.3 Å². The number of nitrogens with one attached hydrogen (secondary N) is 3. The number of rotatable bonds is 7. The molecule has 1 saturated heterocycles. The van der Waals surface area contributed by atoms with Gasteiger partial charge < -0.3 is 16.0 Å². The van der Waals surface area contributed by atoms with Gasteiger partial charge in [0.25, 0.3) is 0 Å². The van der Waals surface area contributed by atoms with Crippen molar-refractivity contribution in [3.63, 3.8) is 0 Å². The number of aliphatic imine (C=N–C) groups is 1. The number of hydrogen-bond donors (Lipinski definition) is 3. The topological polar surface area (TPSA) is 103 Å². The SMILES string of the molecule is CCNC(=NCC1CC(=O)Nc2ccccc21)NCCS(=O)(=O)N1CCSCC1.I. The van der Waals surface area contributed by atoms with Gasteiger partial charge in [-0.05, 0) is 18.6 Å². The van der Waals surface area contributed by atoms with Gasteiger partial charge in [-0.1, -0.05) is 18.2 Å². The van der Waals surface area contributed by atoms with Gasteiger partial charge in [-0.2, -0.15) is 11.8 Å². The monoisotopic (exact) mass is 567 g/mol. The number of para-hydroxylation sites is 1. The number of carbonyl (C=O) groups excluding carboxylic acids is 1. The van der Waals surface area contributed by atoms with Gasteiger partial charge in [0.05, 0.1) is 12.3 Å². The maximum Gasteiger partial charge on any atom is 0.225 e. The minimum absolute atomic E-state index is 0. The molecule has 2 aliphatic heterocycles. The highest BCUT2D eigenvalue weighted by Crippen LogP contribution is 2.31. The van der Waals surface area contributed by atoms with Crippen molar-refractivity contribution in [2.45, 2.75) is 19.3 Å². The molecule has 0 spiro atoms. The predicted molar refractivity (Wildman–Crippen MR) is 135 cm³/mol. The fourth-order valence-corrected chi connectivity index (χ4v) is 5.95. The number of anilines is 1. The van der Waals surface area contributed by atoms with Crippen molar-refractivity contribution in [3.05, 3.63) is 29.8 Å². The van der Waals surface area contributed by atoms with Gasteiger partial charge in [0, 0.05) is 55.7 Å². The Morgan fingerprint density at radius 1 is 1.27 bits per heavy atom. The summed E-state index contributed by atoms with van der Waals surface area (Å²) in [6.45, 7) is 4.55. The van der Waals surface area contributed by atoms with E-state index in [1.165, 1.54) is 0 Å². The van der Waals surface area contributed by atoms with Crippen LogP contribution in [0.5, 0.6) is 0 Å². The van der Waals surface area contributed by atoms with Gasteiger partial charge in [-0.15, -0.1) is 24.0 Å². The zero-order valence-electron chi connectivity index (χ0n) is 17.1. The smallest absolute Gasteiger partial charge is 0.225 e. The van der Waals surface area contributed by atoms with Gasteiger partial charge >= 0.3 is 0 Å². The fraction of sp³-hybridized carbons (Fsp3) is 0.579. The quantitative estimate of drug-likeness (QED) is 0.263. The van der Waals surface area contributed by atoms with E-state index in [4.69, 9.17) is 0 Å². The van der Waals surface area contributed by atoms with E-state index in [2.05, 4.69) is 20.9 Å². The third-order valence-electron chi connectivity index (χ3n) is 4.94. The molecule has 1 aromatic rings. The van der Waals surface area contributed by atoms with Gasteiger partial charge in [0.15, 0.2) is 5.96 Å². The maximum atomic E-state index is 12.5. The van der Waals surface area contributed by atoms with Gasteiger partial charge in [-0.3, -0.25) is 9.79 Å². The molecular weight excluding hydrogens is 537 g/mol. The number of carbonyl (C=O) groups is 1. The second-order valence-corrected chi connectivity index (χ2v) is 10.3. The average Bonchev–Trinajstić information content (AvgIpc) is 2.72. The van der Waals surface area contributed by atoms with Crippen molar-refractivity contribution in [2.24, 2.45) is 4.99 Å². The summed E-state index contributed by atoms with van der Waals surface area (Å²) in [5, 5.41) is 9.16. The highest BCUT2D eigenvalue weighted by atomic mass is 127. The van der Waals surface area contributed by atoms with Crippen LogP contribution in [0.25, 0.3) is 0 Å². The maximum absolute atomic E-state index is 12.5. The third kappa shape index (κ3) is 6.99. The van der Waals surface area contributed by atoms with E-state index in [9.17, 15) is 13.2 Å². The van der Waals surface area contributed by atoms with Crippen LogP contribution < -0.4 is 16.0 Å². The first-order valence-electron chi connectivity index (χ1n) is 9.96. The van der Waals surface area contributed by atoms with Crippen molar-refractivity contribution in [1.29, 1.82) is 0 Å². The molecule has 2 aliphatic rings. The van der Waals surface area contributed by atoms with Crippen molar-refractivity contribution in [1.82, 2.24) is 14.9 Å². The van der Waals surface area contributed by atoms with Crippen LogP contribution >= 0.6 is 35.7 Å². The van der Waals surface area contributed by atoms with Crippen molar-refractivity contribution >= 4 is 63.3 Å². The van der Waals surface area contributed by atoms with Crippen molar-refractivity contribution < 1.29 is 13.2 Å². The predicted octanol–water partition coefficient (Wildman–Crippen LogP) is 1.66. The average molecular weight is 568 g/mol. The number of thioether (sulfide) groups is 1. The summed E-state index contributed by atoms with van der Waals surface area (Å²) in [5.41, 5.74) is 1.92. The Kier molecular flexibility index (Phi) is 10.2. The van der Waals surface area contributed by atoms with Crippen LogP contribution in [-0.2, 0) is 14.8 Å². The molecule has 1 atom stereocenters. The lowest BCUT2D eigenvalue weighted by atomic mass is 9.91. The lowest BCUT2D eigenvalue weighted by Crippen LogP contribution is -2.44. The summed E-state index contributed by atoms with van der Waals surface area (Å²) in [6, 6.07) is 7.77. The molecule has 0 bridgehead atoms. The molecule has 1 amide bonds. The Balaban J connectivity index is 0.00000320. The van der Waals surface area contributed by atoms with Gasteiger partial charge in [-0.25, -0.2) is 12.7 Å². The van der Waals surface area contributed by atoms with Crippen molar-refractivity contribution in [2.75, 3.05) is 55.3 Å². The summed E-state index contributed by atoms with van der Waals surface area (Å²) in [5.74, 6) is 2.31. The number of amides is 1. The van der Waals surface area contributed by atoms with Crippen LogP contribution in [0.1, 0.15) is 24.8 Å². The Morgan fingerprint density at radius 2 is 2.00 bits per heavy atom. The molecule has 3 N–H and O–H groups in total. The molecule has 0 aromatic heterocycles. The first-order valence-corrected chi connectivity index (χ1v) is 12.7. The van der Waals surface area contributed by atoms with Crippen LogP contribution in [0.2, 0.25) is 0 Å².